The van der Waals surface area contributed by atoms with Gasteiger partial charge in [-0.15, -0.1) is 5.10 Å². The maximum absolute atomic E-state index is 5.51. The van der Waals surface area contributed by atoms with Crippen LogP contribution in [0.1, 0.15) is 25.3 Å². The smallest absolute Gasteiger partial charge is 0.315 e. The monoisotopic (exact) mass is 338 g/mol. The van der Waals surface area contributed by atoms with E-state index in [0.717, 1.165) is 16.6 Å². The Balaban J connectivity index is 1.80. The van der Waals surface area contributed by atoms with Crippen LogP contribution in [0.15, 0.2) is 33.2 Å². The van der Waals surface area contributed by atoms with E-state index in [4.69, 9.17) is 4.42 Å². The largest absolute Gasteiger partial charge is 0.407 e. The molecule has 108 valence electrons. The Morgan fingerprint density at radius 2 is 2.10 bits per heavy atom. The highest BCUT2D eigenvalue weighted by molar-refractivity contribution is 9.10. The Morgan fingerprint density at radius 3 is 2.85 bits per heavy atom. The van der Waals surface area contributed by atoms with E-state index in [-0.39, 0.29) is 0 Å². The fourth-order valence-electron chi connectivity index (χ4n) is 1.69. The SMILES string of the molecule is CC(C)CNCc1nnc(NCc2cccc(Br)c2)o1. The molecule has 0 unspecified atom stereocenters. The van der Waals surface area contributed by atoms with Crippen molar-refractivity contribution < 1.29 is 4.42 Å². The quantitative estimate of drug-likeness (QED) is 0.811. The molecule has 0 amide bonds. The Kier molecular flexibility index (Phi) is 5.55. The molecule has 2 aromatic rings. The van der Waals surface area contributed by atoms with Crippen LogP contribution in [-0.2, 0) is 13.1 Å². The topological polar surface area (TPSA) is 63.0 Å². The van der Waals surface area contributed by atoms with Gasteiger partial charge in [0.25, 0.3) is 0 Å². The van der Waals surface area contributed by atoms with Gasteiger partial charge in [-0.05, 0) is 30.2 Å². The van der Waals surface area contributed by atoms with Gasteiger partial charge in [-0.3, -0.25) is 0 Å². The molecule has 0 aliphatic heterocycles. The highest BCUT2D eigenvalue weighted by atomic mass is 79.9. The molecule has 6 heteroatoms. The van der Waals surface area contributed by atoms with Crippen LogP contribution in [0.2, 0.25) is 0 Å². The van der Waals surface area contributed by atoms with Crippen LogP contribution in [0.4, 0.5) is 6.01 Å². The van der Waals surface area contributed by atoms with Gasteiger partial charge in [0, 0.05) is 11.0 Å². The minimum absolute atomic E-state index is 0.450. The van der Waals surface area contributed by atoms with Gasteiger partial charge in [0.1, 0.15) is 0 Å². The number of nitrogens with zero attached hydrogens (tertiary/aromatic N) is 2. The van der Waals surface area contributed by atoms with E-state index < -0.39 is 0 Å². The summed E-state index contributed by atoms with van der Waals surface area (Å²) in [5.74, 6) is 1.20. The van der Waals surface area contributed by atoms with E-state index in [0.29, 0.717) is 30.9 Å². The summed E-state index contributed by atoms with van der Waals surface area (Å²) in [6, 6.07) is 8.53. The van der Waals surface area contributed by atoms with E-state index in [2.05, 4.69) is 56.7 Å². The van der Waals surface area contributed by atoms with Gasteiger partial charge >= 0.3 is 6.01 Å². The maximum atomic E-state index is 5.51. The predicted octanol–water partition coefficient (Wildman–Crippen LogP) is 3.19. The molecule has 0 atom stereocenters. The fraction of sp³-hybridized carbons (Fsp3) is 0.429. The van der Waals surface area contributed by atoms with Crippen LogP contribution in [0.25, 0.3) is 0 Å². The molecule has 2 N–H and O–H groups in total. The number of hydrogen-bond donors (Lipinski definition) is 2. The second-order valence-electron chi connectivity index (χ2n) is 5.01. The van der Waals surface area contributed by atoms with E-state index >= 15 is 0 Å². The number of halogens is 1. The number of aromatic nitrogens is 2. The van der Waals surface area contributed by atoms with Gasteiger partial charge in [-0.25, -0.2) is 0 Å². The lowest BCUT2D eigenvalue weighted by molar-refractivity contribution is 0.458. The van der Waals surface area contributed by atoms with Crippen molar-refractivity contribution in [1.82, 2.24) is 15.5 Å². The van der Waals surface area contributed by atoms with Crippen molar-refractivity contribution in [3.8, 4) is 0 Å². The van der Waals surface area contributed by atoms with Crippen LogP contribution in [-0.4, -0.2) is 16.7 Å². The molecule has 0 bridgehead atoms. The zero-order valence-electron chi connectivity index (χ0n) is 11.7. The lowest BCUT2D eigenvalue weighted by atomic mass is 10.2. The second-order valence-corrected chi connectivity index (χ2v) is 5.92. The normalized spacial score (nSPS) is 11.0. The summed E-state index contributed by atoms with van der Waals surface area (Å²) >= 11 is 3.45. The summed E-state index contributed by atoms with van der Waals surface area (Å²) in [7, 11) is 0. The van der Waals surface area contributed by atoms with Crippen molar-refractivity contribution in [3.05, 3.63) is 40.2 Å². The van der Waals surface area contributed by atoms with E-state index in [1.54, 1.807) is 0 Å². The molecular formula is C14H19BrN4O. The predicted molar refractivity (Wildman–Crippen MR) is 82.3 cm³/mol. The molecule has 1 aromatic heterocycles. The van der Waals surface area contributed by atoms with E-state index in [1.165, 1.54) is 0 Å². The molecule has 0 spiro atoms. The van der Waals surface area contributed by atoms with Crippen molar-refractivity contribution in [2.45, 2.75) is 26.9 Å². The van der Waals surface area contributed by atoms with Crippen molar-refractivity contribution >= 4 is 21.9 Å². The number of nitrogens with one attached hydrogen (secondary N) is 2. The number of hydrogen-bond acceptors (Lipinski definition) is 5. The first-order chi connectivity index (χ1) is 9.63. The third-order valence-corrected chi connectivity index (χ3v) is 3.12. The first kappa shape index (κ1) is 15.0. The van der Waals surface area contributed by atoms with Gasteiger partial charge < -0.3 is 15.1 Å². The summed E-state index contributed by atoms with van der Waals surface area (Å²) in [6.07, 6.45) is 0. The molecule has 5 nitrogen and oxygen atoms in total. The Labute approximate surface area is 127 Å². The molecule has 0 aliphatic carbocycles. The summed E-state index contributed by atoms with van der Waals surface area (Å²) in [6.45, 7) is 6.50. The molecule has 0 saturated carbocycles. The van der Waals surface area contributed by atoms with Crippen molar-refractivity contribution in [1.29, 1.82) is 0 Å². The summed E-state index contributed by atoms with van der Waals surface area (Å²) in [5, 5.41) is 14.3. The van der Waals surface area contributed by atoms with Crippen LogP contribution in [0.5, 0.6) is 0 Å². The van der Waals surface area contributed by atoms with Gasteiger partial charge in [-0.1, -0.05) is 47.0 Å². The molecule has 0 aliphatic rings. The number of benzene rings is 1. The Morgan fingerprint density at radius 1 is 1.25 bits per heavy atom. The third kappa shape index (κ3) is 4.94. The summed E-state index contributed by atoms with van der Waals surface area (Å²) in [5.41, 5.74) is 1.15. The highest BCUT2D eigenvalue weighted by Gasteiger charge is 2.05. The molecule has 1 aromatic carbocycles. The van der Waals surface area contributed by atoms with Gasteiger partial charge in [0.15, 0.2) is 0 Å². The lowest BCUT2D eigenvalue weighted by Crippen LogP contribution is -2.19. The fourth-order valence-corrected chi connectivity index (χ4v) is 2.14. The van der Waals surface area contributed by atoms with Crippen molar-refractivity contribution in [3.63, 3.8) is 0 Å². The van der Waals surface area contributed by atoms with Crippen LogP contribution in [0.3, 0.4) is 0 Å². The molecule has 20 heavy (non-hydrogen) atoms. The standard InChI is InChI=1S/C14H19BrN4O/c1-10(2)7-16-9-13-18-19-14(20-13)17-8-11-4-3-5-12(15)6-11/h3-6,10,16H,7-9H2,1-2H3,(H,17,19). The average molecular weight is 339 g/mol. The van der Waals surface area contributed by atoms with E-state index in [1.807, 2.05) is 18.2 Å². The lowest BCUT2D eigenvalue weighted by Gasteiger charge is -2.04. The highest BCUT2D eigenvalue weighted by Crippen LogP contribution is 2.13. The first-order valence-corrected chi connectivity index (χ1v) is 7.44. The minimum atomic E-state index is 0.450. The Hall–Kier alpha value is -1.40. The first-order valence-electron chi connectivity index (χ1n) is 6.65. The van der Waals surface area contributed by atoms with Crippen molar-refractivity contribution in [2.24, 2.45) is 5.92 Å². The van der Waals surface area contributed by atoms with Crippen molar-refractivity contribution in [2.75, 3.05) is 11.9 Å². The Bertz CT molecular complexity index is 541. The average Bonchev–Trinajstić information content (AvgIpc) is 2.84. The zero-order valence-corrected chi connectivity index (χ0v) is 13.3. The molecular weight excluding hydrogens is 320 g/mol. The molecule has 0 radical (unpaired) electrons. The van der Waals surface area contributed by atoms with Gasteiger partial charge in [0.2, 0.25) is 5.89 Å². The number of anilines is 1. The second kappa shape index (κ2) is 7.40. The van der Waals surface area contributed by atoms with Crippen LogP contribution < -0.4 is 10.6 Å². The van der Waals surface area contributed by atoms with E-state index in [9.17, 15) is 0 Å². The maximum Gasteiger partial charge on any atom is 0.315 e. The summed E-state index contributed by atoms with van der Waals surface area (Å²) < 4.78 is 6.57. The number of rotatable bonds is 7. The van der Waals surface area contributed by atoms with Gasteiger partial charge in [0.05, 0.1) is 6.54 Å². The molecule has 1 heterocycles. The summed E-state index contributed by atoms with van der Waals surface area (Å²) in [4.78, 5) is 0. The minimum Gasteiger partial charge on any atom is -0.407 e. The zero-order chi connectivity index (χ0) is 14.4. The molecule has 2 rings (SSSR count). The molecule has 0 fully saturated rings. The van der Waals surface area contributed by atoms with Gasteiger partial charge in [-0.2, -0.15) is 0 Å². The third-order valence-electron chi connectivity index (χ3n) is 2.63. The van der Waals surface area contributed by atoms with Crippen LogP contribution >= 0.6 is 15.9 Å². The van der Waals surface area contributed by atoms with Crippen LogP contribution in [0, 0.1) is 5.92 Å². The molecule has 0 saturated heterocycles.